The van der Waals surface area contributed by atoms with Crippen molar-refractivity contribution >= 4 is 17.5 Å². The van der Waals surface area contributed by atoms with Gasteiger partial charge in [-0.15, -0.1) is 0 Å². The van der Waals surface area contributed by atoms with Gasteiger partial charge in [0.1, 0.15) is 0 Å². The van der Waals surface area contributed by atoms with Gasteiger partial charge in [-0.05, 0) is 81.7 Å². The maximum absolute atomic E-state index is 14.4. The summed E-state index contributed by atoms with van der Waals surface area (Å²) in [7, 11) is 1.40. The van der Waals surface area contributed by atoms with E-state index >= 15 is 0 Å². The van der Waals surface area contributed by atoms with E-state index < -0.39 is 17.2 Å². The molecule has 0 radical (unpaired) electrons. The van der Waals surface area contributed by atoms with Crippen LogP contribution < -0.4 is 10.2 Å². The molecule has 212 valence electrons. The van der Waals surface area contributed by atoms with E-state index in [4.69, 9.17) is 4.74 Å². The number of carbonyl (C=O) groups excluding carboxylic acids is 2. The van der Waals surface area contributed by atoms with E-state index in [2.05, 4.69) is 5.32 Å². The monoisotopic (exact) mass is 545 g/mol. The third-order valence-electron chi connectivity index (χ3n) is 8.89. The number of nitrogens with one attached hydrogen (secondary N) is 1. The molecule has 39 heavy (non-hydrogen) atoms. The largest absolute Gasteiger partial charge is 0.418 e. The molecule has 2 aromatic rings. The van der Waals surface area contributed by atoms with Crippen LogP contribution in [0.5, 0.6) is 0 Å². The van der Waals surface area contributed by atoms with Gasteiger partial charge in [0.25, 0.3) is 5.91 Å². The molecule has 2 amide bonds. The number of ether oxygens (including phenoxy) is 1. The van der Waals surface area contributed by atoms with Crippen molar-refractivity contribution in [2.75, 3.05) is 25.2 Å². The zero-order chi connectivity index (χ0) is 28.1. The fraction of sp³-hybridized carbons (Fsp3) is 0.600. The molecule has 2 fully saturated rings. The van der Waals surface area contributed by atoms with Crippen molar-refractivity contribution in [3.05, 3.63) is 40.6 Å². The van der Waals surface area contributed by atoms with Crippen LogP contribution in [0.2, 0.25) is 0 Å². The van der Waals surface area contributed by atoms with Crippen LogP contribution in [-0.2, 0) is 27.7 Å². The normalized spacial score (nSPS) is 20.4. The molecule has 5 rings (SSSR count). The molecule has 1 aliphatic carbocycles. The number of rotatable bonds is 5. The molecule has 1 aromatic carbocycles. The van der Waals surface area contributed by atoms with Crippen molar-refractivity contribution in [1.82, 2.24) is 9.88 Å². The Balaban J connectivity index is 1.63. The second kappa shape index (κ2) is 10.3. The molecule has 1 saturated carbocycles. The third kappa shape index (κ3) is 5.10. The highest BCUT2D eigenvalue weighted by Gasteiger charge is 2.48. The summed E-state index contributed by atoms with van der Waals surface area (Å²) < 4.78 is 50.7. The lowest BCUT2D eigenvalue weighted by Crippen LogP contribution is -2.39. The number of fused-ring (bicyclic) bond motifs is 1. The van der Waals surface area contributed by atoms with Gasteiger partial charge in [-0.2, -0.15) is 13.2 Å². The minimum atomic E-state index is -4.64. The summed E-state index contributed by atoms with van der Waals surface area (Å²) in [5.74, 6) is -0.184. The number of anilines is 1. The van der Waals surface area contributed by atoms with E-state index in [1.54, 1.807) is 26.0 Å². The molecule has 0 bridgehead atoms. The van der Waals surface area contributed by atoms with Gasteiger partial charge in [0.15, 0.2) is 0 Å². The molecule has 0 unspecified atom stereocenters. The first kappa shape index (κ1) is 27.7. The minimum absolute atomic E-state index is 0.00923. The number of hydrogen-bond donors (Lipinski definition) is 1. The molecule has 1 saturated heterocycles. The lowest BCUT2D eigenvalue weighted by atomic mass is 9.84. The fourth-order valence-corrected chi connectivity index (χ4v) is 6.55. The van der Waals surface area contributed by atoms with E-state index in [0.717, 1.165) is 55.2 Å². The van der Waals surface area contributed by atoms with Gasteiger partial charge in [0, 0.05) is 44.2 Å². The Kier molecular flexibility index (Phi) is 7.33. The predicted molar refractivity (Wildman–Crippen MR) is 144 cm³/mol. The summed E-state index contributed by atoms with van der Waals surface area (Å²) in [6.45, 7) is 7.05. The first-order chi connectivity index (χ1) is 18.4. The van der Waals surface area contributed by atoms with Gasteiger partial charge in [-0.25, -0.2) is 0 Å². The number of aromatic nitrogens is 1. The Hall–Kier alpha value is -2.81. The van der Waals surface area contributed by atoms with Crippen LogP contribution in [0.1, 0.15) is 86.0 Å². The molecular weight excluding hydrogens is 507 g/mol. The first-order valence-electron chi connectivity index (χ1n) is 14.0. The number of benzene rings is 1. The molecule has 6 nitrogen and oxygen atoms in total. The van der Waals surface area contributed by atoms with Crippen LogP contribution in [0, 0.1) is 12.8 Å². The van der Waals surface area contributed by atoms with Crippen molar-refractivity contribution in [1.29, 1.82) is 0 Å². The summed E-state index contributed by atoms with van der Waals surface area (Å²) in [5.41, 5.74) is 0.543. The first-order valence-corrected chi connectivity index (χ1v) is 14.0. The van der Waals surface area contributed by atoms with Gasteiger partial charge in [-0.1, -0.05) is 19.3 Å². The third-order valence-corrected chi connectivity index (χ3v) is 8.89. The Labute approximate surface area is 227 Å². The van der Waals surface area contributed by atoms with Crippen molar-refractivity contribution in [3.63, 3.8) is 0 Å². The number of hydrogen-bond acceptors (Lipinski definition) is 3. The Morgan fingerprint density at radius 3 is 2.38 bits per heavy atom. The molecule has 1 aromatic heterocycles. The van der Waals surface area contributed by atoms with E-state index in [-0.39, 0.29) is 23.5 Å². The summed E-state index contributed by atoms with van der Waals surface area (Å²) in [4.78, 5) is 27.5. The summed E-state index contributed by atoms with van der Waals surface area (Å²) in [6.07, 6.45) is 2.41. The van der Waals surface area contributed by atoms with Crippen molar-refractivity contribution < 1.29 is 27.5 Å². The minimum Gasteiger partial charge on any atom is -0.381 e. The van der Waals surface area contributed by atoms with E-state index in [0.29, 0.717) is 48.1 Å². The van der Waals surface area contributed by atoms with Crippen LogP contribution in [0.15, 0.2) is 18.2 Å². The number of likely N-dealkylation sites (N-methyl/N-ethyl adjacent to an activating group) is 1. The summed E-state index contributed by atoms with van der Waals surface area (Å²) in [6, 6.07) is 4.62. The Bertz CT molecular complexity index is 1270. The van der Waals surface area contributed by atoms with Crippen LogP contribution in [0.3, 0.4) is 0 Å². The average molecular weight is 546 g/mol. The number of halogens is 3. The fourth-order valence-electron chi connectivity index (χ4n) is 6.55. The second-order valence-electron chi connectivity index (χ2n) is 11.9. The Morgan fingerprint density at radius 1 is 1.08 bits per heavy atom. The molecule has 9 heteroatoms. The molecule has 3 heterocycles. The SMILES string of the molecule is Cc1c(C(=O)NC2CCOCC2)cc(-c2cc(C(F)(F)F)c3c(c2)C(C)(C)C(=O)N3C)n1CC1CCCCC1. The standard InChI is InChI=1S/C30H38F3N3O3/c1-18-22(27(37)34-21-10-12-39-13-11-21)16-25(36(18)17-19-8-6-5-7-9-19)20-14-23-26(24(15-20)30(31,32)33)35(4)28(38)29(23,2)3/h14-16,19,21H,5-13,17H2,1-4H3,(H,34,37). The maximum Gasteiger partial charge on any atom is 0.418 e. The molecule has 3 aliphatic rings. The highest BCUT2D eigenvalue weighted by molar-refractivity contribution is 6.08. The Morgan fingerprint density at radius 2 is 1.74 bits per heavy atom. The zero-order valence-corrected chi connectivity index (χ0v) is 23.2. The smallest absolute Gasteiger partial charge is 0.381 e. The van der Waals surface area contributed by atoms with Crippen LogP contribution in [0.25, 0.3) is 11.3 Å². The van der Waals surface area contributed by atoms with E-state index in [9.17, 15) is 22.8 Å². The number of nitrogens with zero attached hydrogens (tertiary/aromatic N) is 2. The molecule has 0 atom stereocenters. The summed E-state index contributed by atoms with van der Waals surface area (Å²) in [5, 5.41) is 3.11. The predicted octanol–water partition coefficient (Wildman–Crippen LogP) is 6.23. The van der Waals surface area contributed by atoms with Gasteiger partial charge < -0.3 is 19.5 Å². The number of carbonyl (C=O) groups is 2. The maximum atomic E-state index is 14.4. The quantitative estimate of drug-likeness (QED) is 0.485. The highest BCUT2D eigenvalue weighted by atomic mass is 19.4. The molecule has 1 N–H and O–H groups in total. The average Bonchev–Trinajstić information content (AvgIpc) is 3.31. The van der Waals surface area contributed by atoms with E-state index in [1.165, 1.54) is 13.5 Å². The van der Waals surface area contributed by atoms with Crippen LogP contribution >= 0.6 is 0 Å². The van der Waals surface area contributed by atoms with Crippen molar-refractivity contribution in [2.24, 2.45) is 5.92 Å². The molecule has 0 spiro atoms. The number of alkyl halides is 3. The van der Waals surface area contributed by atoms with Gasteiger partial charge in [0.2, 0.25) is 5.91 Å². The van der Waals surface area contributed by atoms with Gasteiger partial charge in [0.05, 0.1) is 22.2 Å². The zero-order valence-electron chi connectivity index (χ0n) is 23.2. The lowest BCUT2D eigenvalue weighted by Gasteiger charge is -2.25. The van der Waals surface area contributed by atoms with Crippen LogP contribution in [-0.4, -0.2) is 42.7 Å². The summed E-state index contributed by atoms with van der Waals surface area (Å²) >= 11 is 0. The number of amides is 2. The van der Waals surface area contributed by atoms with Crippen LogP contribution in [0.4, 0.5) is 18.9 Å². The lowest BCUT2D eigenvalue weighted by molar-refractivity contribution is -0.137. The van der Waals surface area contributed by atoms with Gasteiger partial charge in [-0.3, -0.25) is 9.59 Å². The molecule has 2 aliphatic heterocycles. The topological polar surface area (TPSA) is 63.6 Å². The van der Waals surface area contributed by atoms with Crippen molar-refractivity contribution in [2.45, 2.75) is 89.9 Å². The molecular formula is C30H38F3N3O3. The van der Waals surface area contributed by atoms with Crippen molar-refractivity contribution in [3.8, 4) is 11.3 Å². The van der Waals surface area contributed by atoms with E-state index in [1.807, 2.05) is 11.5 Å². The highest BCUT2D eigenvalue weighted by Crippen LogP contribution is 2.50. The second-order valence-corrected chi connectivity index (χ2v) is 11.9. The van der Waals surface area contributed by atoms with Gasteiger partial charge >= 0.3 is 6.18 Å².